The van der Waals surface area contributed by atoms with Crippen molar-refractivity contribution in [1.29, 1.82) is 0 Å². The molecule has 1 heterocycles. The number of carbonyl (C=O) groups is 1. The Balaban J connectivity index is 1.72. The number of carbonyl (C=O) groups excluding carboxylic acids is 1. The van der Waals surface area contributed by atoms with Gasteiger partial charge >= 0.3 is 5.69 Å². The van der Waals surface area contributed by atoms with Crippen LogP contribution in [0.3, 0.4) is 0 Å². The van der Waals surface area contributed by atoms with Crippen molar-refractivity contribution in [1.82, 2.24) is 14.9 Å². The zero-order valence-corrected chi connectivity index (χ0v) is 13.3. The highest BCUT2D eigenvalue weighted by Gasteiger charge is 2.33. The van der Waals surface area contributed by atoms with Crippen LogP contribution in [-0.4, -0.2) is 22.6 Å². The van der Waals surface area contributed by atoms with Crippen molar-refractivity contribution in [2.45, 2.75) is 25.4 Å². The maximum absolute atomic E-state index is 12.3. The molecule has 0 spiro atoms. The van der Waals surface area contributed by atoms with Gasteiger partial charge in [-0.25, -0.2) is 4.79 Å². The van der Waals surface area contributed by atoms with Crippen molar-refractivity contribution in [3.8, 4) is 5.75 Å². The number of hydrogen-bond acceptors (Lipinski definition) is 4. The average molecular weight is 329 g/mol. The number of H-pyrrole nitrogens is 1. The molecule has 0 bridgehead atoms. The Hall–Kier alpha value is -2.83. The molecular weight excluding hydrogens is 310 g/mol. The molecule has 1 aliphatic rings. The molecule has 1 aromatic heterocycles. The standard InChI is InChI=1S/C17H19N3O4/c1-24-13-6-4-12(5-7-13)16(11-2-3-11)18-15(22)10-20-9-8-14(21)19-17(20)23/h4-9,11,16H,2-3,10H2,1H3,(H,18,22)(H,19,21,23). The number of ether oxygens (including phenoxy) is 1. The van der Waals surface area contributed by atoms with E-state index in [2.05, 4.69) is 10.3 Å². The minimum absolute atomic E-state index is 0.0816. The molecule has 3 rings (SSSR count). The summed E-state index contributed by atoms with van der Waals surface area (Å²) in [6.07, 6.45) is 3.45. The van der Waals surface area contributed by atoms with E-state index in [1.807, 2.05) is 24.3 Å². The largest absolute Gasteiger partial charge is 0.497 e. The van der Waals surface area contributed by atoms with Crippen molar-refractivity contribution < 1.29 is 9.53 Å². The molecular formula is C17H19N3O4. The molecule has 1 fully saturated rings. The number of rotatable bonds is 6. The molecule has 1 unspecified atom stereocenters. The van der Waals surface area contributed by atoms with Gasteiger partial charge < -0.3 is 10.1 Å². The van der Waals surface area contributed by atoms with E-state index >= 15 is 0 Å². The number of amides is 1. The Morgan fingerprint density at radius 1 is 1.29 bits per heavy atom. The van der Waals surface area contributed by atoms with Crippen LogP contribution >= 0.6 is 0 Å². The summed E-state index contributed by atoms with van der Waals surface area (Å²) < 4.78 is 6.33. The first-order valence-electron chi connectivity index (χ1n) is 7.80. The van der Waals surface area contributed by atoms with Gasteiger partial charge in [-0.2, -0.15) is 0 Å². The third-order valence-electron chi connectivity index (χ3n) is 4.10. The lowest BCUT2D eigenvalue weighted by Gasteiger charge is -2.19. The fourth-order valence-electron chi connectivity index (χ4n) is 2.66. The highest BCUT2D eigenvalue weighted by atomic mass is 16.5. The van der Waals surface area contributed by atoms with Gasteiger partial charge in [0.2, 0.25) is 5.91 Å². The van der Waals surface area contributed by atoms with Crippen molar-refractivity contribution in [2.75, 3.05) is 7.11 Å². The first-order valence-corrected chi connectivity index (χ1v) is 7.80. The topological polar surface area (TPSA) is 93.2 Å². The fourth-order valence-corrected chi connectivity index (χ4v) is 2.66. The zero-order valence-electron chi connectivity index (χ0n) is 13.3. The van der Waals surface area contributed by atoms with Gasteiger partial charge in [-0.15, -0.1) is 0 Å². The molecule has 1 aliphatic carbocycles. The molecule has 0 saturated heterocycles. The van der Waals surface area contributed by atoms with Crippen LogP contribution in [0.2, 0.25) is 0 Å². The zero-order chi connectivity index (χ0) is 17.1. The predicted molar refractivity (Wildman–Crippen MR) is 87.9 cm³/mol. The summed E-state index contributed by atoms with van der Waals surface area (Å²) in [4.78, 5) is 37.2. The quantitative estimate of drug-likeness (QED) is 0.820. The predicted octanol–water partition coefficient (Wildman–Crippen LogP) is 0.813. The molecule has 24 heavy (non-hydrogen) atoms. The Morgan fingerprint density at radius 2 is 2.00 bits per heavy atom. The van der Waals surface area contributed by atoms with E-state index in [4.69, 9.17) is 4.74 Å². The van der Waals surface area contributed by atoms with Crippen LogP contribution in [0.25, 0.3) is 0 Å². The fraction of sp³-hybridized carbons (Fsp3) is 0.353. The molecule has 126 valence electrons. The maximum atomic E-state index is 12.3. The average Bonchev–Trinajstić information content (AvgIpc) is 3.40. The number of nitrogens with one attached hydrogen (secondary N) is 2. The molecule has 1 saturated carbocycles. The Kier molecular flexibility index (Phi) is 4.50. The van der Waals surface area contributed by atoms with Crippen molar-refractivity contribution in [3.63, 3.8) is 0 Å². The van der Waals surface area contributed by atoms with E-state index in [9.17, 15) is 14.4 Å². The van der Waals surface area contributed by atoms with Crippen LogP contribution in [-0.2, 0) is 11.3 Å². The molecule has 0 radical (unpaired) electrons. The van der Waals surface area contributed by atoms with Crippen molar-refractivity contribution >= 4 is 5.91 Å². The van der Waals surface area contributed by atoms with Gasteiger partial charge in [0.15, 0.2) is 0 Å². The molecule has 2 aromatic rings. The molecule has 1 aromatic carbocycles. The minimum Gasteiger partial charge on any atom is -0.497 e. The van der Waals surface area contributed by atoms with Crippen molar-refractivity contribution in [3.05, 3.63) is 62.9 Å². The van der Waals surface area contributed by atoms with Gasteiger partial charge in [0.25, 0.3) is 5.56 Å². The highest BCUT2D eigenvalue weighted by molar-refractivity contribution is 5.76. The smallest absolute Gasteiger partial charge is 0.328 e. The molecule has 1 atom stereocenters. The Labute approximate surface area is 138 Å². The van der Waals surface area contributed by atoms with Crippen LogP contribution in [0, 0.1) is 5.92 Å². The van der Waals surface area contributed by atoms with E-state index in [1.165, 1.54) is 16.8 Å². The van der Waals surface area contributed by atoms with E-state index < -0.39 is 11.2 Å². The molecule has 7 nitrogen and oxygen atoms in total. The third-order valence-corrected chi connectivity index (χ3v) is 4.10. The SMILES string of the molecule is COc1ccc(C(NC(=O)Cn2ccc(=O)[nH]c2=O)C2CC2)cc1. The summed E-state index contributed by atoms with van der Waals surface area (Å²) in [6, 6.07) is 8.74. The lowest BCUT2D eigenvalue weighted by atomic mass is 10.0. The van der Waals surface area contributed by atoms with Gasteiger partial charge in [0.1, 0.15) is 12.3 Å². The summed E-state index contributed by atoms with van der Waals surface area (Å²) >= 11 is 0. The first kappa shape index (κ1) is 16.0. The molecule has 1 amide bonds. The van der Waals surface area contributed by atoms with Gasteiger partial charge in [-0.3, -0.25) is 19.1 Å². The summed E-state index contributed by atoms with van der Waals surface area (Å²) in [5, 5.41) is 2.99. The second kappa shape index (κ2) is 6.74. The summed E-state index contributed by atoms with van der Waals surface area (Å²) in [5.74, 6) is 0.908. The van der Waals surface area contributed by atoms with Crippen LogP contribution < -0.4 is 21.3 Å². The minimum atomic E-state index is -0.593. The Morgan fingerprint density at radius 3 is 2.58 bits per heavy atom. The number of methoxy groups -OCH3 is 1. The highest BCUT2D eigenvalue weighted by Crippen LogP contribution is 2.41. The van der Waals surface area contributed by atoms with Crippen LogP contribution in [0.15, 0.2) is 46.1 Å². The lowest BCUT2D eigenvalue weighted by Crippen LogP contribution is -2.37. The van der Waals surface area contributed by atoms with Crippen LogP contribution in [0.5, 0.6) is 5.75 Å². The van der Waals surface area contributed by atoms with Crippen LogP contribution in [0.4, 0.5) is 0 Å². The van der Waals surface area contributed by atoms with E-state index in [0.717, 1.165) is 24.2 Å². The lowest BCUT2D eigenvalue weighted by molar-refractivity contribution is -0.122. The van der Waals surface area contributed by atoms with E-state index in [0.29, 0.717) is 5.92 Å². The second-order valence-electron chi connectivity index (χ2n) is 5.89. The Bertz CT molecular complexity index is 834. The van der Waals surface area contributed by atoms with E-state index in [1.54, 1.807) is 7.11 Å². The van der Waals surface area contributed by atoms with Gasteiger partial charge in [-0.05, 0) is 36.5 Å². The van der Waals surface area contributed by atoms with Gasteiger partial charge in [0, 0.05) is 12.3 Å². The van der Waals surface area contributed by atoms with Crippen molar-refractivity contribution in [2.24, 2.45) is 5.92 Å². The summed E-state index contributed by atoms with van der Waals surface area (Å²) in [5.41, 5.74) is -0.0590. The third kappa shape index (κ3) is 3.73. The number of aromatic nitrogens is 2. The number of hydrogen-bond donors (Lipinski definition) is 2. The molecule has 2 N–H and O–H groups in total. The monoisotopic (exact) mass is 329 g/mol. The second-order valence-corrected chi connectivity index (χ2v) is 5.89. The normalized spacial score (nSPS) is 14.9. The number of nitrogens with zero attached hydrogens (tertiary/aromatic N) is 1. The van der Waals surface area contributed by atoms with Gasteiger partial charge in [-0.1, -0.05) is 12.1 Å². The maximum Gasteiger partial charge on any atom is 0.328 e. The number of benzene rings is 1. The molecule has 7 heteroatoms. The molecule has 0 aliphatic heterocycles. The van der Waals surface area contributed by atoms with E-state index in [-0.39, 0.29) is 18.5 Å². The van der Waals surface area contributed by atoms with Crippen LogP contribution in [0.1, 0.15) is 24.4 Å². The number of aromatic amines is 1. The first-order chi connectivity index (χ1) is 11.6. The summed E-state index contributed by atoms with van der Waals surface area (Å²) in [7, 11) is 1.61. The van der Waals surface area contributed by atoms with Gasteiger partial charge in [0.05, 0.1) is 13.2 Å². The summed E-state index contributed by atoms with van der Waals surface area (Å²) in [6.45, 7) is -0.130.